The first-order valence-electron chi connectivity index (χ1n) is 8.41. The number of hydrogen-bond donors (Lipinski definition) is 1. The molecular weight excluding hydrogens is 256 g/mol. The first-order valence-corrected chi connectivity index (χ1v) is 8.41. The summed E-state index contributed by atoms with van der Waals surface area (Å²) in [7, 11) is 0. The molecule has 1 atom stereocenters. The van der Waals surface area contributed by atoms with Gasteiger partial charge in [-0.1, -0.05) is 25.3 Å². The third kappa shape index (κ3) is 2.16. The van der Waals surface area contributed by atoms with Crippen LogP contribution in [0.2, 0.25) is 0 Å². The molecule has 21 heavy (non-hydrogen) atoms. The highest BCUT2D eigenvalue weighted by molar-refractivity contribution is 5.86. The molecule has 2 nitrogen and oxygen atoms in total. The highest BCUT2D eigenvalue weighted by Gasteiger charge is 2.24. The van der Waals surface area contributed by atoms with E-state index in [4.69, 9.17) is 0 Å². The normalized spacial score (nSPS) is 22.9. The predicted octanol–water partition coefficient (Wildman–Crippen LogP) is 5.16. The highest BCUT2D eigenvalue weighted by Crippen LogP contribution is 2.38. The van der Waals surface area contributed by atoms with Crippen LogP contribution in [-0.2, 0) is 6.42 Å². The maximum atomic E-state index is 9.35. The van der Waals surface area contributed by atoms with E-state index in [0.29, 0.717) is 0 Å². The number of nitriles is 1. The Kier molecular flexibility index (Phi) is 3.22. The van der Waals surface area contributed by atoms with E-state index in [9.17, 15) is 5.26 Å². The quantitative estimate of drug-likeness (QED) is 0.769. The van der Waals surface area contributed by atoms with Gasteiger partial charge in [-0.15, -0.1) is 0 Å². The Morgan fingerprint density at radius 2 is 1.90 bits per heavy atom. The molecule has 0 radical (unpaired) electrons. The van der Waals surface area contributed by atoms with Crippen LogP contribution in [0.1, 0.15) is 73.6 Å². The lowest BCUT2D eigenvalue weighted by Crippen LogP contribution is -2.07. The van der Waals surface area contributed by atoms with Crippen LogP contribution in [0.5, 0.6) is 0 Å². The van der Waals surface area contributed by atoms with Crippen molar-refractivity contribution in [2.75, 3.05) is 0 Å². The number of H-pyrrole nitrogens is 1. The Labute approximate surface area is 126 Å². The molecule has 0 spiro atoms. The molecule has 2 aliphatic rings. The van der Waals surface area contributed by atoms with Crippen LogP contribution in [-0.4, -0.2) is 4.98 Å². The molecule has 1 aromatic heterocycles. The molecule has 108 valence electrons. The SMILES string of the molecule is N#CC1CCCc2c1[nH]c1ccc(C3CCCCC3)cc21. The Hall–Kier alpha value is -1.75. The monoisotopic (exact) mass is 278 g/mol. The molecule has 0 aliphatic heterocycles. The summed E-state index contributed by atoms with van der Waals surface area (Å²) in [6.07, 6.45) is 10.1. The van der Waals surface area contributed by atoms with E-state index in [1.807, 2.05) is 0 Å². The number of aromatic nitrogens is 1. The van der Waals surface area contributed by atoms with Gasteiger partial charge in [0.1, 0.15) is 0 Å². The van der Waals surface area contributed by atoms with Crippen molar-refractivity contribution < 1.29 is 0 Å². The van der Waals surface area contributed by atoms with Crippen LogP contribution >= 0.6 is 0 Å². The molecule has 1 fully saturated rings. The summed E-state index contributed by atoms with van der Waals surface area (Å²) in [6, 6.07) is 9.43. The van der Waals surface area contributed by atoms with Gasteiger partial charge in [0.25, 0.3) is 0 Å². The topological polar surface area (TPSA) is 39.6 Å². The van der Waals surface area contributed by atoms with Gasteiger partial charge in [-0.2, -0.15) is 5.26 Å². The van der Waals surface area contributed by atoms with E-state index < -0.39 is 0 Å². The number of nitrogens with zero attached hydrogens (tertiary/aromatic N) is 1. The van der Waals surface area contributed by atoms with E-state index in [-0.39, 0.29) is 5.92 Å². The molecule has 0 bridgehead atoms. The minimum absolute atomic E-state index is 0.0688. The van der Waals surface area contributed by atoms with Gasteiger partial charge in [0.05, 0.1) is 12.0 Å². The third-order valence-electron chi connectivity index (χ3n) is 5.46. The number of fused-ring (bicyclic) bond motifs is 3. The molecule has 1 aromatic carbocycles. The fourth-order valence-electron chi connectivity index (χ4n) is 4.30. The van der Waals surface area contributed by atoms with Crippen molar-refractivity contribution in [1.82, 2.24) is 4.98 Å². The maximum absolute atomic E-state index is 9.35. The maximum Gasteiger partial charge on any atom is 0.0865 e. The molecule has 2 heteroatoms. The van der Waals surface area contributed by atoms with E-state index in [1.165, 1.54) is 59.8 Å². The van der Waals surface area contributed by atoms with Gasteiger partial charge in [-0.3, -0.25) is 0 Å². The molecule has 2 aromatic rings. The van der Waals surface area contributed by atoms with Crippen molar-refractivity contribution in [3.8, 4) is 6.07 Å². The number of rotatable bonds is 1. The Balaban J connectivity index is 1.79. The second-order valence-electron chi connectivity index (χ2n) is 6.73. The first kappa shape index (κ1) is 13.0. The van der Waals surface area contributed by atoms with Crippen LogP contribution in [0.4, 0.5) is 0 Å². The van der Waals surface area contributed by atoms with Crippen LogP contribution in [0.25, 0.3) is 10.9 Å². The predicted molar refractivity (Wildman–Crippen MR) is 85.4 cm³/mol. The molecule has 1 heterocycles. The molecule has 1 unspecified atom stereocenters. The summed E-state index contributed by atoms with van der Waals surface area (Å²) in [5.41, 5.74) is 5.35. The summed E-state index contributed by atoms with van der Waals surface area (Å²) < 4.78 is 0. The van der Waals surface area contributed by atoms with Crippen molar-refractivity contribution in [2.45, 2.75) is 63.2 Å². The van der Waals surface area contributed by atoms with Gasteiger partial charge in [-0.25, -0.2) is 0 Å². The molecule has 1 N–H and O–H groups in total. The fraction of sp³-hybridized carbons (Fsp3) is 0.526. The smallest absolute Gasteiger partial charge is 0.0865 e. The fourth-order valence-corrected chi connectivity index (χ4v) is 4.30. The number of nitrogens with one attached hydrogen (secondary N) is 1. The van der Waals surface area contributed by atoms with Crippen LogP contribution in [0.3, 0.4) is 0 Å². The summed E-state index contributed by atoms with van der Waals surface area (Å²) in [6.45, 7) is 0. The zero-order chi connectivity index (χ0) is 14.2. The van der Waals surface area contributed by atoms with Gasteiger partial charge in [0, 0.05) is 16.6 Å². The lowest BCUT2D eigenvalue weighted by atomic mass is 9.83. The summed E-state index contributed by atoms with van der Waals surface area (Å²) >= 11 is 0. The highest BCUT2D eigenvalue weighted by atomic mass is 14.7. The van der Waals surface area contributed by atoms with Crippen LogP contribution in [0, 0.1) is 11.3 Å². The Morgan fingerprint density at radius 1 is 1.05 bits per heavy atom. The van der Waals surface area contributed by atoms with Crippen molar-refractivity contribution in [3.63, 3.8) is 0 Å². The van der Waals surface area contributed by atoms with Crippen LogP contribution < -0.4 is 0 Å². The average Bonchev–Trinajstić information content (AvgIpc) is 2.93. The van der Waals surface area contributed by atoms with Crippen molar-refractivity contribution in [3.05, 3.63) is 35.0 Å². The lowest BCUT2D eigenvalue weighted by molar-refractivity contribution is 0.444. The first-order chi connectivity index (χ1) is 10.4. The minimum atomic E-state index is 0.0688. The van der Waals surface area contributed by atoms with Crippen molar-refractivity contribution >= 4 is 10.9 Å². The van der Waals surface area contributed by atoms with E-state index in [0.717, 1.165) is 25.2 Å². The zero-order valence-electron chi connectivity index (χ0n) is 12.5. The van der Waals surface area contributed by atoms with Crippen LogP contribution in [0.15, 0.2) is 18.2 Å². The Bertz CT molecular complexity index is 698. The molecular formula is C19H22N2. The molecule has 0 amide bonds. The second kappa shape index (κ2) is 5.22. The van der Waals surface area contributed by atoms with E-state index >= 15 is 0 Å². The minimum Gasteiger partial charge on any atom is -0.357 e. The largest absolute Gasteiger partial charge is 0.357 e. The van der Waals surface area contributed by atoms with Crippen molar-refractivity contribution in [1.29, 1.82) is 5.26 Å². The molecule has 2 aliphatic carbocycles. The van der Waals surface area contributed by atoms with Gasteiger partial charge in [0.15, 0.2) is 0 Å². The van der Waals surface area contributed by atoms with Gasteiger partial charge in [-0.05, 0) is 61.3 Å². The average molecular weight is 278 g/mol. The van der Waals surface area contributed by atoms with Crippen molar-refractivity contribution in [2.24, 2.45) is 0 Å². The third-order valence-corrected chi connectivity index (χ3v) is 5.46. The molecule has 4 rings (SSSR count). The standard InChI is InChI=1S/C19H22N2/c20-12-15-7-4-8-16-17-11-14(13-5-2-1-3-6-13)9-10-18(17)21-19(15)16/h9-11,13,15,21H,1-8H2. The zero-order valence-corrected chi connectivity index (χ0v) is 12.5. The molecule has 1 saturated carbocycles. The lowest BCUT2D eigenvalue weighted by Gasteiger charge is -2.22. The molecule has 0 saturated heterocycles. The van der Waals surface area contributed by atoms with E-state index in [1.54, 1.807) is 0 Å². The summed E-state index contributed by atoms with van der Waals surface area (Å²) in [5.74, 6) is 0.823. The number of hydrogen-bond acceptors (Lipinski definition) is 1. The number of benzene rings is 1. The van der Waals surface area contributed by atoms with E-state index in [2.05, 4.69) is 29.3 Å². The summed E-state index contributed by atoms with van der Waals surface area (Å²) in [4.78, 5) is 3.52. The second-order valence-corrected chi connectivity index (χ2v) is 6.73. The number of aromatic amines is 1. The summed E-state index contributed by atoms with van der Waals surface area (Å²) in [5, 5.41) is 10.7. The van der Waals surface area contributed by atoms with Gasteiger partial charge in [0.2, 0.25) is 0 Å². The van der Waals surface area contributed by atoms with Gasteiger partial charge >= 0.3 is 0 Å². The number of aryl methyl sites for hydroxylation is 1. The van der Waals surface area contributed by atoms with Gasteiger partial charge < -0.3 is 4.98 Å². The Morgan fingerprint density at radius 3 is 2.71 bits per heavy atom.